The first-order chi connectivity index (χ1) is 11.2. The zero-order valence-electron chi connectivity index (χ0n) is 14.8. The predicted molar refractivity (Wildman–Crippen MR) is 93.7 cm³/mol. The summed E-state index contributed by atoms with van der Waals surface area (Å²) >= 11 is 0. The number of aliphatic imine (C=N–C) groups is 1. The quantitative estimate of drug-likeness (QED) is 0.652. The lowest BCUT2D eigenvalue weighted by Crippen LogP contribution is -2.21. The molecule has 1 heterocycles. The Bertz CT molecular complexity index is 526. The fraction of sp³-hybridized carbons (Fsp3) is 0.632. The summed E-state index contributed by atoms with van der Waals surface area (Å²) in [5.41, 5.74) is 3.61. The maximum Gasteiger partial charge on any atom is 0.125 e. The van der Waals surface area contributed by atoms with E-state index in [2.05, 4.69) is 31.0 Å². The van der Waals surface area contributed by atoms with Gasteiger partial charge in [-0.3, -0.25) is 4.99 Å². The van der Waals surface area contributed by atoms with Crippen molar-refractivity contribution in [1.82, 2.24) is 0 Å². The third kappa shape index (κ3) is 5.05. The van der Waals surface area contributed by atoms with E-state index in [-0.39, 0.29) is 0 Å². The number of hydrogen-bond acceptors (Lipinski definition) is 4. The summed E-state index contributed by atoms with van der Waals surface area (Å²) in [6.07, 6.45) is 3.87. The lowest BCUT2D eigenvalue weighted by molar-refractivity contribution is 0.129. The number of methoxy groups -OCH3 is 1. The molecule has 0 aliphatic carbocycles. The Hall–Kier alpha value is -1.39. The Kier molecular flexibility index (Phi) is 7.06. The Morgan fingerprint density at radius 2 is 2.09 bits per heavy atom. The van der Waals surface area contributed by atoms with Crippen LogP contribution in [-0.4, -0.2) is 39.2 Å². The van der Waals surface area contributed by atoms with Gasteiger partial charge in [-0.1, -0.05) is 13.8 Å². The van der Waals surface area contributed by atoms with Crippen molar-refractivity contribution in [3.63, 3.8) is 0 Å². The second-order valence-corrected chi connectivity index (χ2v) is 6.28. The molecule has 23 heavy (non-hydrogen) atoms. The van der Waals surface area contributed by atoms with E-state index in [1.165, 1.54) is 11.1 Å². The van der Waals surface area contributed by atoms with Crippen LogP contribution in [-0.2, 0) is 22.5 Å². The fourth-order valence-corrected chi connectivity index (χ4v) is 2.69. The Morgan fingerprint density at radius 1 is 1.26 bits per heavy atom. The van der Waals surface area contributed by atoms with Crippen molar-refractivity contribution < 1.29 is 14.2 Å². The van der Waals surface area contributed by atoms with Gasteiger partial charge in [-0.15, -0.1) is 0 Å². The monoisotopic (exact) mass is 319 g/mol. The smallest absolute Gasteiger partial charge is 0.125 e. The molecule has 1 aromatic carbocycles. The second-order valence-electron chi connectivity index (χ2n) is 6.28. The minimum atomic E-state index is 0.363. The van der Waals surface area contributed by atoms with Crippen LogP contribution in [0.1, 0.15) is 43.9 Å². The molecule has 0 bridgehead atoms. The molecule has 0 amide bonds. The molecule has 0 N–H and O–H groups in total. The minimum absolute atomic E-state index is 0.363. The molecular formula is C19H29NO3. The van der Waals surface area contributed by atoms with Crippen LogP contribution >= 0.6 is 0 Å². The molecule has 2 rings (SSSR count). The minimum Gasteiger partial charge on any atom is -0.493 e. The van der Waals surface area contributed by atoms with E-state index < -0.39 is 0 Å². The van der Waals surface area contributed by atoms with E-state index in [4.69, 9.17) is 14.2 Å². The molecule has 0 saturated heterocycles. The molecule has 128 valence electrons. The summed E-state index contributed by atoms with van der Waals surface area (Å²) in [6, 6.07) is 4.70. The average Bonchev–Trinajstić information content (AvgIpc) is 2.56. The van der Waals surface area contributed by atoms with Crippen LogP contribution < -0.4 is 4.74 Å². The Balaban J connectivity index is 2.17. The molecule has 0 spiro atoms. The fourth-order valence-electron chi connectivity index (χ4n) is 2.69. The number of fused-ring (bicyclic) bond motifs is 1. The zero-order chi connectivity index (χ0) is 16.7. The molecule has 0 saturated carbocycles. The SMILES string of the molecule is CCOCc1cc2c(cc1OCCCOC)CC(C(C)C)N=C2. The van der Waals surface area contributed by atoms with Gasteiger partial charge in [0.05, 0.1) is 19.3 Å². The van der Waals surface area contributed by atoms with Gasteiger partial charge in [0.2, 0.25) is 0 Å². The van der Waals surface area contributed by atoms with E-state index >= 15 is 0 Å². The summed E-state index contributed by atoms with van der Waals surface area (Å²) in [5.74, 6) is 1.49. The molecule has 0 aromatic heterocycles. The lowest BCUT2D eigenvalue weighted by atomic mass is 9.90. The zero-order valence-corrected chi connectivity index (χ0v) is 14.8. The van der Waals surface area contributed by atoms with E-state index in [0.717, 1.165) is 24.2 Å². The van der Waals surface area contributed by atoms with Gasteiger partial charge < -0.3 is 14.2 Å². The number of ether oxygens (including phenoxy) is 3. The van der Waals surface area contributed by atoms with Crippen molar-refractivity contribution in [2.24, 2.45) is 10.9 Å². The van der Waals surface area contributed by atoms with Gasteiger partial charge in [0.15, 0.2) is 0 Å². The van der Waals surface area contributed by atoms with Gasteiger partial charge in [0.1, 0.15) is 5.75 Å². The van der Waals surface area contributed by atoms with Gasteiger partial charge >= 0.3 is 0 Å². The number of hydrogen-bond donors (Lipinski definition) is 0. The molecule has 1 unspecified atom stereocenters. The maximum absolute atomic E-state index is 5.99. The molecule has 1 atom stereocenters. The Morgan fingerprint density at radius 3 is 2.78 bits per heavy atom. The number of rotatable bonds is 9. The van der Waals surface area contributed by atoms with Gasteiger partial charge in [-0.05, 0) is 42.5 Å². The summed E-state index contributed by atoms with van der Waals surface area (Å²) in [5, 5.41) is 0. The molecular weight excluding hydrogens is 290 g/mol. The lowest BCUT2D eigenvalue weighted by Gasteiger charge is -2.23. The van der Waals surface area contributed by atoms with E-state index in [0.29, 0.717) is 38.4 Å². The first-order valence-corrected chi connectivity index (χ1v) is 8.54. The van der Waals surface area contributed by atoms with Crippen LogP contribution in [0.15, 0.2) is 17.1 Å². The van der Waals surface area contributed by atoms with Crippen molar-refractivity contribution in [2.75, 3.05) is 26.9 Å². The van der Waals surface area contributed by atoms with Crippen LogP contribution in [0.2, 0.25) is 0 Å². The maximum atomic E-state index is 5.99. The summed E-state index contributed by atoms with van der Waals surface area (Å²) in [6.45, 7) is 9.10. The van der Waals surface area contributed by atoms with Gasteiger partial charge in [-0.25, -0.2) is 0 Å². The molecule has 1 aliphatic rings. The van der Waals surface area contributed by atoms with Crippen LogP contribution in [0.4, 0.5) is 0 Å². The molecule has 4 heteroatoms. The van der Waals surface area contributed by atoms with Crippen molar-refractivity contribution in [3.05, 3.63) is 28.8 Å². The van der Waals surface area contributed by atoms with E-state index in [9.17, 15) is 0 Å². The highest BCUT2D eigenvalue weighted by molar-refractivity contribution is 5.84. The van der Waals surface area contributed by atoms with Crippen molar-refractivity contribution in [3.8, 4) is 5.75 Å². The topological polar surface area (TPSA) is 40.0 Å². The molecule has 1 aliphatic heterocycles. The summed E-state index contributed by atoms with van der Waals surface area (Å²) < 4.78 is 16.7. The van der Waals surface area contributed by atoms with Crippen molar-refractivity contribution in [1.29, 1.82) is 0 Å². The number of nitrogens with zero attached hydrogens (tertiary/aromatic N) is 1. The van der Waals surface area contributed by atoms with Crippen LogP contribution in [0.3, 0.4) is 0 Å². The number of benzene rings is 1. The van der Waals surface area contributed by atoms with E-state index in [1.807, 2.05) is 13.1 Å². The summed E-state index contributed by atoms with van der Waals surface area (Å²) in [7, 11) is 1.71. The third-order valence-corrected chi connectivity index (χ3v) is 4.14. The third-order valence-electron chi connectivity index (χ3n) is 4.14. The van der Waals surface area contributed by atoms with Crippen LogP contribution in [0, 0.1) is 5.92 Å². The largest absolute Gasteiger partial charge is 0.493 e. The van der Waals surface area contributed by atoms with Crippen molar-refractivity contribution >= 4 is 6.21 Å². The Labute approximate surface area is 139 Å². The highest BCUT2D eigenvalue weighted by atomic mass is 16.5. The standard InChI is InChI=1S/C19H29NO3/c1-5-22-13-17-9-16-12-20-18(14(2)3)10-15(16)11-19(17)23-8-6-7-21-4/h9,11-12,14,18H,5-8,10,13H2,1-4H3. The molecule has 0 fully saturated rings. The van der Waals surface area contributed by atoms with E-state index in [1.54, 1.807) is 7.11 Å². The average molecular weight is 319 g/mol. The molecule has 4 nitrogen and oxygen atoms in total. The normalized spacial score (nSPS) is 16.7. The van der Waals surface area contributed by atoms with Crippen molar-refractivity contribution in [2.45, 2.75) is 46.3 Å². The first kappa shape index (κ1) is 18.0. The van der Waals surface area contributed by atoms with Crippen LogP contribution in [0.25, 0.3) is 0 Å². The van der Waals surface area contributed by atoms with Gasteiger partial charge in [0.25, 0.3) is 0 Å². The van der Waals surface area contributed by atoms with Gasteiger partial charge in [-0.2, -0.15) is 0 Å². The highest BCUT2D eigenvalue weighted by Crippen LogP contribution is 2.29. The predicted octanol–water partition coefficient (Wildman–Crippen LogP) is 3.64. The first-order valence-electron chi connectivity index (χ1n) is 8.54. The molecule has 1 aromatic rings. The highest BCUT2D eigenvalue weighted by Gasteiger charge is 2.20. The summed E-state index contributed by atoms with van der Waals surface area (Å²) in [4.78, 5) is 4.68. The van der Waals surface area contributed by atoms with Crippen LogP contribution in [0.5, 0.6) is 5.75 Å². The molecule has 0 radical (unpaired) electrons. The van der Waals surface area contributed by atoms with Gasteiger partial charge in [0, 0.05) is 38.5 Å². The second kappa shape index (κ2) is 9.04.